The summed E-state index contributed by atoms with van der Waals surface area (Å²) in [6, 6.07) is 9.85. The maximum Gasteiger partial charge on any atom is 0.416 e. The number of nitrogens with zero attached hydrogens (tertiary/aromatic N) is 2. The molecule has 164 valence electrons. The van der Waals surface area contributed by atoms with Crippen LogP contribution in [0.4, 0.5) is 24.0 Å². The van der Waals surface area contributed by atoms with E-state index in [0.717, 1.165) is 28.2 Å². The zero-order chi connectivity index (χ0) is 23.0. The zero-order valence-electron chi connectivity index (χ0n) is 16.7. The predicted octanol–water partition coefficient (Wildman–Crippen LogP) is 5.96. The van der Waals surface area contributed by atoms with Gasteiger partial charge in [-0.2, -0.15) is 13.2 Å². The number of amides is 2. The molecule has 2 amide bonds. The largest absolute Gasteiger partial charge is 0.416 e. The zero-order valence-corrected chi connectivity index (χ0v) is 18.3. The van der Waals surface area contributed by atoms with Crippen molar-refractivity contribution in [2.24, 2.45) is 0 Å². The summed E-state index contributed by atoms with van der Waals surface area (Å²) in [5.74, 6) is -0.591. The van der Waals surface area contributed by atoms with Crippen LogP contribution < -0.4 is 10.6 Å². The van der Waals surface area contributed by atoms with Gasteiger partial charge in [0.2, 0.25) is 5.91 Å². The lowest BCUT2D eigenvalue weighted by atomic mass is 10.1. The Morgan fingerprint density at radius 3 is 2.34 bits per heavy atom. The first-order chi connectivity index (χ1) is 15.1. The van der Waals surface area contributed by atoms with Crippen molar-refractivity contribution in [3.05, 3.63) is 58.6 Å². The van der Waals surface area contributed by atoms with E-state index in [1.165, 1.54) is 30.4 Å². The molecule has 0 atom stereocenters. The Morgan fingerprint density at radius 2 is 1.69 bits per heavy atom. The normalized spacial score (nSPS) is 11.5. The first-order valence-corrected chi connectivity index (χ1v) is 10.9. The topological polar surface area (TPSA) is 84.0 Å². The number of anilines is 2. The van der Waals surface area contributed by atoms with Crippen LogP contribution in [0.1, 0.15) is 27.9 Å². The standard InChI is InChI=1S/C21H15F3N4O2S2/c1-10-17(32-19(25-10)12-3-5-13(6-4-12)21(22,23)24)18(30)27-14-7-8-15-16(9-14)31-20(28-15)26-11(2)29/h3-9H,1-2H3,(H,27,30)(H,26,28,29). The number of aryl methyl sites for hydroxylation is 1. The van der Waals surface area contributed by atoms with Gasteiger partial charge in [-0.1, -0.05) is 23.5 Å². The number of alkyl halides is 3. The maximum atomic E-state index is 12.8. The first kappa shape index (κ1) is 21.9. The Balaban J connectivity index is 1.54. The molecule has 11 heteroatoms. The van der Waals surface area contributed by atoms with Gasteiger partial charge in [0.1, 0.15) is 9.88 Å². The predicted molar refractivity (Wildman–Crippen MR) is 119 cm³/mol. The molecule has 2 heterocycles. The minimum absolute atomic E-state index is 0.220. The minimum Gasteiger partial charge on any atom is -0.321 e. The van der Waals surface area contributed by atoms with Gasteiger partial charge in [-0.3, -0.25) is 9.59 Å². The molecule has 0 bridgehead atoms. The molecule has 0 aliphatic rings. The van der Waals surface area contributed by atoms with Crippen molar-refractivity contribution in [1.29, 1.82) is 0 Å². The number of thiazole rings is 2. The number of benzene rings is 2. The van der Waals surface area contributed by atoms with Crippen LogP contribution in [-0.2, 0) is 11.0 Å². The maximum absolute atomic E-state index is 12.8. The lowest BCUT2D eigenvalue weighted by Crippen LogP contribution is -2.11. The molecule has 2 aromatic carbocycles. The smallest absolute Gasteiger partial charge is 0.321 e. The highest BCUT2D eigenvalue weighted by Gasteiger charge is 2.30. The van der Waals surface area contributed by atoms with E-state index in [1.54, 1.807) is 25.1 Å². The van der Waals surface area contributed by atoms with Crippen LogP contribution in [0.2, 0.25) is 0 Å². The molecule has 0 fully saturated rings. The number of carbonyl (C=O) groups excluding carboxylic acids is 2. The van der Waals surface area contributed by atoms with Crippen molar-refractivity contribution in [3.63, 3.8) is 0 Å². The van der Waals surface area contributed by atoms with Crippen molar-refractivity contribution >= 4 is 55.5 Å². The summed E-state index contributed by atoms with van der Waals surface area (Å²) in [6.45, 7) is 3.07. The number of fused-ring (bicyclic) bond motifs is 1. The summed E-state index contributed by atoms with van der Waals surface area (Å²) in [7, 11) is 0. The summed E-state index contributed by atoms with van der Waals surface area (Å²) in [4.78, 5) is 33.0. The summed E-state index contributed by atoms with van der Waals surface area (Å²) in [5.41, 5.74) is 1.48. The molecule has 0 radical (unpaired) electrons. The Morgan fingerprint density at radius 1 is 0.969 bits per heavy atom. The molecule has 2 N–H and O–H groups in total. The van der Waals surface area contributed by atoms with Gasteiger partial charge in [0.05, 0.1) is 21.5 Å². The van der Waals surface area contributed by atoms with Crippen LogP contribution in [0.3, 0.4) is 0 Å². The lowest BCUT2D eigenvalue weighted by molar-refractivity contribution is -0.137. The molecule has 4 aromatic rings. The van der Waals surface area contributed by atoms with E-state index in [2.05, 4.69) is 20.6 Å². The third-order valence-corrected chi connectivity index (χ3v) is 6.53. The van der Waals surface area contributed by atoms with Gasteiger partial charge in [-0.05, 0) is 37.3 Å². The Labute approximate surface area is 188 Å². The highest BCUT2D eigenvalue weighted by molar-refractivity contribution is 7.22. The average molecular weight is 477 g/mol. The molecule has 0 unspecified atom stereocenters. The summed E-state index contributed by atoms with van der Waals surface area (Å²) >= 11 is 2.39. The summed E-state index contributed by atoms with van der Waals surface area (Å²) < 4.78 is 39.1. The van der Waals surface area contributed by atoms with Crippen molar-refractivity contribution in [3.8, 4) is 10.6 Å². The highest BCUT2D eigenvalue weighted by Crippen LogP contribution is 2.33. The molecule has 0 aliphatic carbocycles. The van der Waals surface area contributed by atoms with Gasteiger partial charge < -0.3 is 10.6 Å². The summed E-state index contributed by atoms with van der Waals surface area (Å²) in [6.07, 6.45) is -4.41. The number of rotatable bonds is 4. The van der Waals surface area contributed by atoms with Gasteiger partial charge in [-0.25, -0.2) is 9.97 Å². The quantitative estimate of drug-likeness (QED) is 0.381. The van der Waals surface area contributed by atoms with E-state index >= 15 is 0 Å². The number of nitrogens with one attached hydrogen (secondary N) is 2. The van der Waals surface area contributed by atoms with Crippen molar-refractivity contribution < 1.29 is 22.8 Å². The van der Waals surface area contributed by atoms with E-state index in [4.69, 9.17) is 0 Å². The number of aromatic nitrogens is 2. The number of halogens is 3. The van der Waals surface area contributed by atoms with Crippen LogP contribution in [0.5, 0.6) is 0 Å². The molecular weight excluding hydrogens is 461 g/mol. The fourth-order valence-corrected chi connectivity index (χ4v) is 4.84. The molecule has 6 nitrogen and oxygen atoms in total. The van der Waals surface area contributed by atoms with E-state index in [9.17, 15) is 22.8 Å². The third-order valence-electron chi connectivity index (χ3n) is 4.39. The van der Waals surface area contributed by atoms with E-state index in [0.29, 0.717) is 37.5 Å². The Bertz CT molecular complexity index is 1330. The molecule has 0 spiro atoms. The van der Waals surface area contributed by atoms with Crippen LogP contribution in [0.15, 0.2) is 42.5 Å². The van der Waals surface area contributed by atoms with Crippen LogP contribution >= 0.6 is 22.7 Å². The third kappa shape index (κ3) is 4.63. The van der Waals surface area contributed by atoms with Gasteiger partial charge in [0.15, 0.2) is 5.13 Å². The van der Waals surface area contributed by atoms with E-state index in [-0.39, 0.29) is 11.8 Å². The molecule has 0 saturated heterocycles. The second-order valence-corrected chi connectivity index (χ2v) is 8.88. The van der Waals surface area contributed by atoms with E-state index in [1.807, 2.05) is 0 Å². The average Bonchev–Trinajstić information content (AvgIpc) is 3.29. The number of hydrogen-bond donors (Lipinski definition) is 2. The van der Waals surface area contributed by atoms with Gasteiger partial charge in [0, 0.05) is 18.2 Å². The first-order valence-electron chi connectivity index (χ1n) is 9.25. The van der Waals surface area contributed by atoms with Crippen molar-refractivity contribution in [2.45, 2.75) is 20.0 Å². The van der Waals surface area contributed by atoms with Gasteiger partial charge >= 0.3 is 6.18 Å². The summed E-state index contributed by atoms with van der Waals surface area (Å²) in [5, 5.41) is 6.36. The lowest BCUT2D eigenvalue weighted by Gasteiger charge is -2.06. The van der Waals surface area contributed by atoms with Crippen LogP contribution in [-0.4, -0.2) is 21.8 Å². The Kier molecular flexibility index (Phi) is 5.70. The van der Waals surface area contributed by atoms with Gasteiger partial charge in [-0.15, -0.1) is 11.3 Å². The minimum atomic E-state index is -4.41. The molecular formula is C21H15F3N4O2S2. The fraction of sp³-hybridized carbons (Fsp3) is 0.143. The fourth-order valence-electron chi connectivity index (χ4n) is 2.93. The molecule has 0 aliphatic heterocycles. The SMILES string of the molecule is CC(=O)Nc1nc2ccc(NC(=O)c3sc(-c4ccc(C(F)(F)F)cc4)nc3C)cc2s1. The number of carbonyl (C=O) groups is 2. The molecule has 4 rings (SSSR count). The monoisotopic (exact) mass is 476 g/mol. The molecule has 2 aromatic heterocycles. The van der Waals surface area contributed by atoms with E-state index < -0.39 is 11.7 Å². The van der Waals surface area contributed by atoms with Crippen LogP contribution in [0.25, 0.3) is 20.8 Å². The van der Waals surface area contributed by atoms with Crippen molar-refractivity contribution in [1.82, 2.24) is 9.97 Å². The Hall–Kier alpha value is -3.31. The second-order valence-electron chi connectivity index (χ2n) is 6.85. The van der Waals surface area contributed by atoms with Gasteiger partial charge in [0.25, 0.3) is 5.91 Å². The highest BCUT2D eigenvalue weighted by atomic mass is 32.1. The van der Waals surface area contributed by atoms with Crippen molar-refractivity contribution in [2.75, 3.05) is 10.6 Å². The second kappa shape index (κ2) is 8.32. The number of hydrogen-bond acceptors (Lipinski definition) is 6. The molecule has 32 heavy (non-hydrogen) atoms. The molecule has 0 saturated carbocycles. The van der Waals surface area contributed by atoms with Crippen LogP contribution in [0, 0.1) is 6.92 Å².